The van der Waals surface area contributed by atoms with E-state index in [1.807, 2.05) is 0 Å². The average molecular weight is 236 g/mol. The zero-order valence-electron chi connectivity index (χ0n) is 5.83. The number of halogens is 1. The molecular weight excluding hydrogens is 230 g/mol. The standard InChI is InChI=1S/C6H6BrNO2S/c1-2-10-6(9)4-5(7)11-3-8-4/h3H,2H2,1H3. The molecule has 1 rings (SSSR count). The lowest BCUT2D eigenvalue weighted by Gasteiger charge is -1.96. The van der Waals surface area contributed by atoms with Gasteiger partial charge in [0.1, 0.15) is 3.79 Å². The van der Waals surface area contributed by atoms with Crippen LogP contribution in [0.4, 0.5) is 0 Å². The van der Waals surface area contributed by atoms with Gasteiger partial charge < -0.3 is 4.74 Å². The number of rotatable bonds is 2. The largest absolute Gasteiger partial charge is 0.461 e. The molecule has 0 aliphatic rings. The first-order valence-electron chi connectivity index (χ1n) is 3.01. The van der Waals surface area contributed by atoms with Gasteiger partial charge in [0.15, 0.2) is 5.69 Å². The van der Waals surface area contributed by atoms with Crippen LogP contribution < -0.4 is 0 Å². The minimum atomic E-state index is -0.374. The summed E-state index contributed by atoms with van der Waals surface area (Å²) in [5, 5.41) is 0. The lowest BCUT2D eigenvalue weighted by Crippen LogP contribution is -2.05. The van der Waals surface area contributed by atoms with E-state index in [4.69, 9.17) is 4.74 Å². The number of nitrogens with zero attached hydrogens (tertiary/aromatic N) is 1. The molecule has 1 heterocycles. The maximum Gasteiger partial charge on any atom is 0.358 e. The Bertz CT molecular complexity index is 261. The van der Waals surface area contributed by atoms with Crippen molar-refractivity contribution in [3.8, 4) is 0 Å². The van der Waals surface area contributed by atoms with Gasteiger partial charge in [-0.25, -0.2) is 9.78 Å². The average Bonchev–Trinajstić information content (AvgIpc) is 2.36. The quantitative estimate of drug-likeness (QED) is 0.738. The topological polar surface area (TPSA) is 39.2 Å². The molecule has 5 heteroatoms. The first-order chi connectivity index (χ1) is 5.25. The number of esters is 1. The third-order valence-corrected chi connectivity index (χ3v) is 2.54. The molecule has 3 nitrogen and oxygen atoms in total. The normalized spacial score (nSPS) is 9.64. The van der Waals surface area contributed by atoms with Crippen LogP contribution in [0.2, 0.25) is 0 Å². The number of thiazole rings is 1. The summed E-state index contributed by atoms with van der Waals surface area (Å²) < 4.78 is 5.46. The fourth-order valence-electron chi connectivity index (χ4n) is 0.564. The van der Waals surface area contributed by atoms with Crippen molar-refractivity contribution in [1.29, 1.82) is 0 Å². The molecular formula is C6H6BrNO2S. The second-order valence-corrected chi connectivity index (χ2v) is 3.87. The summed E-state index contributed by atoms with van der Waals surface area (Å²) in [6.07, 6.45) is 0. The number of hydrogen-bond donors (Lipinski definition) is 0. The maximum absolute atomic E-state index is 11.0. The van der Waals surface area contributed by atoms with Gasteiger partial charge in [0.25, 0.3) is 0 Å². The van der Waals surface area contributed by atoms with Gasteiger partial charge in [-0.2, -0.15) is 0 Å². The molecule has 1 aromatic heterocycles. The number of carbonyl (C=O) groups excluding carboxylic acids is 1. The molecule has 0 amide bonds. The second kappa shape index (κ2) is 3.82. The van der Waals surface area contributed by atoms with Gasteiger partial charge in [-0.05, 0) is 22.9 Å². The van der Waals surface area contributed by atoms with Crippen LogP contribution in [0.3, 0.4) is 0 Å². The summed E-state index contributed by atoms with van der Waals surface area (Å²) in [7, 11) is 0. The Morgan fingerprint density at radius 2 is 2.64 bits per heavy atom. The van der Waals surface area contributed by atoms with Crippen LogP contribution in [0.25, 0.3) is 0 Å². The van der Waals surface area contributed by atoms with E-state index >= 15 is 0 Å². The number of ether oxygens (including phenoxy) is 1. The van der Waals surface area contributed by atoms with E-state index in [1.54, 1.807) is 12.4 Å². The summed E-state index contributed by atoms with van der Waals surface area (Å²) >= 11 is 4.56. The van der Waals surface area contributed by atoms with Gasteiger partial charge in [-0.15, -0.1) is 11.3 Å². The molecule has 0 bridgehead atoms. The predicted octanol–water partition coefficient (Wildman–Crippen LogP) is 2.08. The van der Waals surface area contributed by atoms with Gasteiger partial charge >= 0.3 is 5.97 Å². The lowest BCUT2D eigenvalue weighted by atomic mass is 10.5. The van der Waals surface area contributed by atoms with E-state index < -0.39 is 0 Å². The van der Waals surface area contributed by atoms with Crippen LogP contribution >= 0.6 is 27.3 Å². The molecule has 0 saturated heterocycles. The van der Waals surface area contributed by atoms with E-state index in [9.17, 15) is 4.79 Å². The van der Waals surface area contributed by atoms with Gasteiger partial charge in [0.2, 0.25) is 0 Å². The van der Waals surface area contributed by atoms with Crippen molar-refractivity contribution in [3.63, 3.8) is 0 Å². The van der Waals surface area contributed by atoms with Crippen LogP contribution in [0.1, 0.15) is 17.4 Å². The van der Waals surface area contributed by atoms with Crippen molar-refractivity contribution in [2.75, 3.05) is 6.61 Å². The summed E-state index contributed by atoms with van der Waals surface area (Å²) in [4.78, 5) is 14.8. The van der Waals surface area contributed by atoms with Crippen LogP contribution in [-0.2, 0) is 4.74 Å². The molecule has 0 fully saturated rings. The first-order valence-corrected chi connectivity index (χ1v) is 4.69. The molecule has 0 aliphatic heterocycles. The van der Waals surface area contributed by atoms with E-state index in [0.717, 1.165) is 3.79 Å². The lowest BCUT2D eigenvalue weighted by molar-refractivity contribution is 0.0519. The van der Waals surface area contributed by atoms with Crippen LogP contribution in [0.15, 0.2) is 9.30 Å². The minimum Gasteiger partial charge on any atom is -0.461 e. The van der Waals surface area contributed by atoms with Crippen molar-refractivity contribution in [1.82, 2.24) is 4.98 Å². The third kappa shape index (κ3) is 2.00. The number of aromatic nitrogens is 1. The van der Waals surface area contributed by atoms with Gasteiger partial charge in [-0.1, -0.05) is 0 Å². The highest BCUT2D eigenvalue weighted by Gasteiger charge is 2.12. The smallest absolute Gasteiger partial charge is 0.358 e. The number of carbonyl (C=O) groups is 1. The van der Waals surface area contributed by atoms with E-state index in [1.165, 1.54) is 11.3 Å². The van der Waals surface area contributed by atoms with Crippen molar-refractivity contribution >= 4 is 33.2 Å². The molecule has 0 unspecified atom stereocenters. The second-order valence-electron chi connectivity index (χ2n) is 1.70. The Hall–Kier alpha value is -0.420. The Morgan fingerprint density at radius 1 is 1.91 bits per heavy atom. The highest BCUT2D eigenvalue weighted by atomic mass is 79.9. The molecule has 0 saturated carbocycles. The molecule has 0 N–H and O–H groups in total. The molecule has 60 valence electrons. The minimum absolute atomic E-state index is 0.358. The Labute approximate surface area is 76.5 Å². The van der Waals surface area contributed by atoms with E-state index in [0.29, 0.717) is 12.3 Å². The maximum atomic E-state index is 11.0. The SMILES string of the molecule is CCOC(=O)c1ncsc1Br. The zero-order chi connectivity index (χ0) is 8.27. The Morgan fingerprint density at radius 3 is 3.09 bits per heavy atom. The van der Waals surface area contributed by atoms with E-state index in [-0.39, 0.29) is 5.97 Å². The fraction of sp³-hybridized carbons (Fsp3) is 0.333. The van der Waals surface area contributed by atoms with E-state index in [2.05, 4.69) is 20.9 Å². The molecule has 1 aromatic rings. The molecule has 0 atom stereocenters. The van der Waals surface area contributed by atoms with Crippen LogP contribution in [0, 0.1) is 0 Å². The highest BCUT2D eigenvalue weighted by Crippen LogP contribution is 2.20. The van der Waals surface area contributed by atoms with Gasteiger partial charge in [-0.3, -0.25) is 0 Å². The van der Waals surface area contributed by atoms with Crippen molar-refractivity contribution in [2.24, 2.45) is 0 Å². The monoisotopic (exact) mass is 235 g/mol. The highest BCUT2D eigenvalue weighted by molar-refractivity contribution is 9.11. The predicted molar refractivity (Wildman–Crippen MR) is 45.8 cm³/mol. The number of hydrogen-bond acceptors (Lipinski definition) is 4. The van der Waals surface area contributed by atoms with Crippen molar-refractivity contribution in [2.45, 2.75) is 6.92 Å². The van der Waals surface area contributed by atoms with Crippen molar-refractivity contribution < 1.29 is 9.53 Å². The Kier molecular flexibility index (Phi) is 3.02. The first kappa shape index (κ1) is 8.67. The van der Waals surface area contributed by atoms with Gasteiger partial charge in [0.05, 0.1) is 12.1 Å². The summed E-state index contributed by atoms with van der Waals surface area (Å²) in [6, 6.07) is 0. The molecule has 0 radical (unpaired) electrons. The summed E-state index contributed by atoms with van der Waals surface area (Å²) in [5.74, 6) is -0.374. The molecule has 11 heavy (non-hydrogen) atoms. The summed E-state index contributed by atoms with van der Waals surface area (Å²) in [5.41, 5.74) is 1.95. The molecule has 0 aliphatic carbocycles. The molecule has 0 aromatic carbocycles. The third-order valence-electron chi connectivity index (χ3n) is 0.993. The Balaban J connectivity index is 2.76. The summed E-state index contributed by atoms with van der Waals surface area (Å²) in [6.45, 7) is 2.14. The molecule has 0 spiro atoms. The zero-order valence-corrected chi connectivity index (χ0v) is 8.24. The van der Waals surface area contributed by atoms with Crippen LogP contribution in [-0.4, -0.2) is 17.6 Å². The fourth-order valence-corrected chi connectivity index (χ4v) is 1.58. The van der Waals surface area contributed by atoms with Crippen LogP contribution in [0.5, 0.6) is 0 Å². The van der Waals surface area contributed by atoms with Crippen molar-refractivity contribution in [3.05, 3.63) is 15.0 Å². The van der Waals surface area contributed by atoms with Gasteiger partial charge in [0, 0.05) is 0 Å².